The van der Waals surface area contributed by atoms with E-state index in [2.05, 4.69) is 10.1 Å². The fourth-order valence-electron chi connectivity index (χ4n) is 2.59. The van der Waals surface area contributed by atoms with Crippen LogP contribution in [-0.2, 0) is 16.1 Å². The highest BCUT2D eigenvalue weighted by Crippen LogP contribution is 2.32. The van der Waals surface area contributed by atoms with Gasteiger partial charge in [0, 0.05) is 19.6 Å². The molecule has 112 valence electrons. The Morgan fingerprint density at radius 1 is 1.50 bits per heavy atom. The van der Waals surface area contributed by atoms with E-state index < -0.39 is 6.10 Å². The molecule has 1 aliphatic carbocycles. The molecule has 6 heteroatoms. The highest BCUT2D eigenvalue weighted by Gasteiger charge is 2.24. The highest BCUT2D eigenvalue weighted by molar-refractivity contribution is 5.80. The molecule has 1 aromatic rings. The van der Waals surface area contributed by atoms with E-state index in [-0.39, 0.29) is 5.91 Å². The summed E-state index contributed by atoms with van der Waals surface area (Å²) in [5, 5.41) is 3.97. The van der Waals surface area contributed by atoms with Gasteiger partial charge in [-0.15, -0.1) is 0 Å². The van der Waals surface area contributed by atoms with Gasteiger partial charge in [0.05, 0.1) is 6.54 Å². The molecule has 6 nitrogen and oxygen atoms in total. The van der Waals surface area contributed by atoms with Gasteiger partial charge in [-0.3, -0.25) is 4.79 Å². The predicted molar refractivity (Wildman–Crippen MR) is 73.1 cm³/mol. The van der Waals surface area contributed by atoms with Crippen molar-refractivity contribution in [3.63, 3.8) is 0 Å². The van der Waals surface area contributed by atoms with Crippen molar-refractivity contribution < 1.29 is 14.1 Å². The van der Waals surface area contributed by atoms with Crippen molar-refractivity contribution >= 4 is 5.91 Å². The van der Waals surface area contributed by atoms with Crippen LogP contribution in [0.2, 0.25) is 0 Å². The Morgan fingerprint density at radius 3 is 2.85 bits per heavy atom. The Labute approximate surface area is 119 Å². The maximum Gasteiger partial charge on any atom is 0.251 e. The quantitative estimate of drug-likeness (QED) is 0.798. The number of amides is 1. The average Bonchev–Trinajstić information content (AvgIpc) is 3.08. The third-order valence-electron chi connectivity index (χ3n) is 3.71. The van der Waals surface area contributed by atoms with Gasteiger partial charge in [0.15, 0.2) is 5.82 Å². The van der Waals surface area contributed by atoms with E-state index in [0.717, 1.165) is 18.7 Å². The molecule has 20 heavy (non-hydrogen) atoms. The Hall–Kier alpha value is -1.43. The number of aromatic nitrogens is 2. The van der Waals surface area contributed by atoms with Crippen molar-refractivity contribution in [2.75, 3.05) is 13.7 Å². The van der Waals surface area contributed by atoms with Gasteiger partial charge in [0.2, 0.25) is 5.89 Å². The zero-order chi connectivity index (χ0) is 14.5. The third kappa shape index (κ3) is 3.56. The van der Waals surface area contributed by atoms with Crippen molar-refractivity contribution in [3.05, 3.63) is 11.7 Å². The molecule has 2 rings (SSSR count). The number of hydrogen-bond donors (Lipinski definition) is 0. The Bertz CT molecular complexity index is 441. The number of likely N-dealkylation sites (N-methyl/N-ethyl adjacent to an activating group) is 1. The lowest BCUT2D eigenvalue weighted by Crippen LogP contribution is -2.36. The van der Waals surface area contributed by atoms with E-state index in [4.69, 9.17) is 9.26 Å². The maximum absolute atomic E-state index is 12.0. The summed E-state index contributed by atoms with van der Waals surface area (Å²) in [6.07, 6.45) is 4.26. The van der Waals surface area contributed by atoms with Crippen LogP contribution < -0.4 is 0 Å². The minimum atomic E-state index is -0.439. The van der Waals surface area contributed by atoms with Gasteiger partial charge in [0.1, 0.15) is 6.10 Å². The van der Waals surface area contributed by atoms with Gasteiger partial charge in [-0.25, -0.2) is 0 Å². The molecule has 1 atom stereocenters. The molecule has 1 aromatic heterocycles. The van der Waals surface area contributed by atoms with Crippen molar-refractivity contribution in [1.29, 1.82) is 0 Å². The minimum absolute atomic E-state index is 0.0703. The number of carbonyl (C=O) groups excluding carboxylic acids is 1. The lowest BCUT2D eigenvalue weighted by atomic mass is 10.1. The summed E-state index contributed by atoms with van der Waals surface area (Å²) in [5.41, 5.74) is 0. The average molecular weight is 281 g/mol. The van der Waals surface area contributed by atoms with E-state index in [0.29, 0.717) is 24.9 Å². The summed E-state index contributed by atoms with van der Waals surface area (Å²) >= 11 is 0. The first-order valence-electron chi connectivity index (χ1n) is 7.30. The van der Waals surface area contributed by atoms with Crippen LogP contribution in [0.4, 0.5) is 0 Å². The fourth-order valence-corrected chi connectivity index (χ4v) is 2.59. The first kappa shape index (κ1) is 15.0. The van der Waals surface area contributed by atoms with Gasteiger partial charge in [-0.1, -0.05) is 18.0 Å². The van der Waals surface area contributed by atoms with Crippen LogP contribution in [0, 0.1) is 0 Å². The minimum Gasteiger partial charge on any atom is -0.369 e. The van der Waals surface area contributed by atoms with Crippen LogP contribution in [-0.4, -0.2) is 40.7 Å². The van der Waals surface area contributed by atoms with E-state index in [9.17, 15) is 4.79 Å². The van der Waals surface area contributed by atoms with Gasteiger partial charge >= 0.3 is 0 Å². The molecule has 0 aromatic carbocycles. The predicted octanol–water partition coefficient (Wildman–Crippen LogP) is 2.11. The molecule has 1 heterocycles. The Balaban J connectivity index is 1.90. The standard InChI is InChI=1S/C14H23N3O3/c1-4-19-10(2)14(18)17(3)9-12-15-13(20-16-12)11-7-5-6-8-11/h10-11H,4-9H2,1-3H3. The van der Waals surface area contributed by atoms with Crippen LogP contribution in [0.25, 0.3) is 0 Å². The van der Waals surface area contributed by atoms with Gasteiger partial charge in [-0.05, 0) is 26.7 Å². The Kier molecular flexibility index (Phi) is 5.11. The molecule has 1 fully saturated rings. The van der Waals surface area contributed by atoms with Crippen LogP contribution >= 0.6 is 0 Å². The molecule has 0 aliphatic heterocycles. The topological polar surface area (TPSA) is 68.5 Å². The van der Waals surface area contributed by atoms with Crippen LogP contribution in [0.3, 0.4) is 0 Å². The number of hydrogen-bond acceptors (Lipinski definition) is 5. The number of ether oxygens (including phenoxy) is 1. The second-order valence-corrected chi connectivity index (χ2v) is 5.32. The largest absolute Gasteiger partial charge is 0.369 e. The summed E-state index contributed by atoms with van der Waals surface area (Å²) in [4.78, 5) is 18.0. The summed E-state index contributed by atoms with van der Waals surface area (Å²) in [6, 6.07) is 0. The molecule has 0 radical (unpaired) electrons. The monoisotopic (exact) mass is 281 g/mol. The molecule has 1 amide bonds. The molecule has 1 saturated carbocycles. The number of nitrogens with zero attached hydrogens (tertiary/aromatic N) is 3. The summed E-state index contributed by atoms with van der Waals surface area (Å²) in [7, 11) is 1.73. The lowest BCUT2D eigenvalue weighted by Gasteiger charge is -2.19. The molecule has 0 saturated heterocycles. The lowest BCUT2D eigenvalue weighted by molar-refractivity contribution is -0.141. The van der Waals surface area contributed by atoms with Crippen molar-refractivity contribution in [2.24, 2.45) is 0 Å². The number of rotatable bonds is 6. The normalized spacial score (nSPS) is 17.4. The molecular weight excluding hydrogens is 258 g/mol. The zero-order valence-electron chi connectivity index (χ0n) is 12.5. The molecule has 0 N–H and O–H groups in total. The molecular formula is C14H23N3O3. The molecule has 1 aliphatic rings. The van der Waals surface area contributed by atoms with Crippen molar-refractivity contribution in [2.45, 2.75) is 58.1 Å². The molecule has 0 spiro atoms. The number of carbonyl (C=O) groups is 1. The van der Waals surface area contributed by atoms with Gasteiger partial charge in [0.25, 0.3) is 5.91 Å². The van der Waals surface area contributed by atoms with Gasteiger partial charge in [-0.2, -0.15) is 4.98 Å². The SMILES string of the molecule is CCOC(C)C(=O)N(C)Cc1noc(C2CCCC2)n1. The maximum atomic E-state index is 12.0. The highest BCUT2D eigenvalue weighted by atomic mass is 16.5. The summed E-state index contributed by atoms with van der Waals surface area (Å²) < 4.78 is 10.6. The van der Waals surface area contributed by atoms with E-state index in [1.165, 1.54) is 12.8 Å². The fraction of sp³-hybridized carbons (Fsp3) is 0.786. The van der Waals surface area contributed by atoms with E-state index in [1.807, 2.05) is 6.92 Å². The van der Waals surface area contributed by atoms with Crippen LogP contribution in [0.5, 0.6) is 0 Å². The van der Waals surface area contributed by atoms with Crippen LogP contribution in [0.1, 0.15) is 57.2 Å². The second kappa shape index (κ2) is 6.83. The van der Waals surface area contributed by atoms with Crippen molar-refractivity contribution in [3.8, 4) is 0 Å². The second-order valence-electron chi connectivity index (χ2n) is 5.32. The van der Waals surface area contributed by atoms with E-state index >= 15 is 0 Å². The van der Waals surface area contributed by atoms with Crippen LogP contribution in [0.15, 0.2) is 4.52 Å². The first-order chi connectivity index (χ1) is 9.61. The summed E-state index contributed by atoms with van der Waals surface area (Å²) in [6.45, 7) is 4.50. The third-order valence-corrected chi connectivity index (χ3v) is 3.71. The molecule has 0 bridgehead atoms. The zero-order valence-corrected chi connectivity index (χ0v) is 12.5. The Morgan fingerprint density at radius 2 is 2.20 bits per heavy atom. The smallest absolute Gasteiger partial charge is 0.251 e. The summed E-state index contributed by atoms with van der Waals surface area (Å²) in [5.74, 6) is 1.61. The van der Waals surface area contributed by atoms with E-state index in [1.54, 1.807) is 18.9 Å². The molecule has 1 unspecified atom stereocenters. The first-order valence-corrected chi connectivity index (χ1v) is 7.30. The van der Waals surface area contributed by atoms with Gasteiger partial charge < -0.3 is 14.2 Å². The van der Waals surface area contributed by atoms with Crippen molar-refractivity contribution in [1.82, 2.24) is 15.0 Å².